The zero-order valence-electron chi connectivity index (χ0n) is 8.57. The third kappa shape index (κ3) is 1.93. The van der Waals surface area contributed by atoms with Crippen molar-refractivity contribution in [1.82, 2.24) is 4.98 Å². The van der Waals surface area contributed by atoms with E-state index in [2.05, 4.69) is 44.0 Å². The van der Waals surface area contributed by atoms with Gasteiger partial charge < -0.3 is 0 Å². The standard InChI is InChI=1S/C11H13NS2/c1-7(2)13-11-12-10-8(3)5-4-6-9(10)14-11/h4-7H,1-3H3. The average molecular weight is 223 g/mol. The summed E-state index contributed by atoms with van der Waals surface area (Å²) in [4.78, 5) is 4.63. The van der Waals surface area contributed by atoms with Crippen LogP contribution in [-0.4, -0.2) is 10.2 Å². The first-order valence-electron chi connectivity index (χ1n) is 4.69. The van der Waals surface area contributed by atoms with Crippen molar-refractivity contribution in [3.05, 3.63) is 23.8 Å². The second-order valence-corrected chi connectivity index (χ2v) is 6.42. The van der Waals surface area contributed by atoms with Crippen molar-refractivity contribution in [2.24, 2.45) is 0 Å². The Hall–Kier alpha value is -0.540. The number of para-hydroxylation sites is 1. The van der Waals surface area contributed by atoms with E-state index in [1.807, 2.05) is 11.8 Å². The van der Waals surface area contributed by atoms with Gasteiger partial charge in [-0.1, -0.05) is 37.7 Å². The summed E-state index contributed by atoms with van der Waals surface area (Å²) in [5.74, 6) is 0. The summed E-state index contributed by atoms with van der Waals surface area (Å²) in [6.07, 6.45) is 0. The lowest BCUT2D eigenvalue weighted by molar-refractivity contribution is 1.10. The van der Waals surface area contributed by atoms with Crippen molar-refractivity contribution in [3.63, 3.8) is 0 Å². The summed E-state index contributed by atoms with van der Waals surface area (Å²) in [5.41, 5.74) is 2.44. The largest absolute Gasteiger partial charge is 0.229 e. The maximum absolute atomic E-state index is 4.63. The normalized spacial score (nSPS) is 11.4. The molecule has 0 saturated heterocycles. The molecule has 0 atom stereocenters. The van der Waals surface area contributed by atoms with Crippen LogP contribution in [0.2, 0.25) is 0 Å². The molecule has 1 aromatic heterocycles. The van der Waals surface area contributed by atoms with E-state index < -0.39 is 0 Å². The SMILES string of the molecule is Cc1cccc2sc(SC(C)C)nc12. The van der Waals surface area contributed by atoms with Crippen LogP contribution in [0.5, 0.6) is 0 Å². The van der Waals surface area contributed by atoms with E-state index in [4.69, 9.17) is 0 Å². The van der Waals surface area contributed by atoms with Crippen LogP contribution in [0.25, 0.3) is 10.2 Å². The molecular weight excluding hydrogens is 210 g/mol. The summed E-state index contributed by atoms with van der Waals surface area (Å²) in [6, 6.07) is 6.36. The number of thioether (sulfide) groups is 1. The number of nitrogens with zero attached hydrogens (tertiary/aromatic N) is 1. The predicted octanol–water partition coefficient (Wildman–Crippen LogP) is 4.11. The Morgan fingerprint density at radius 1 is 1.36 bits per heavy atom. The number of hydrogen-bond donors (Lipinski definition) is 0. The first-order valence-corrected chi connectivity index (χ1v) is 6.39. The maximum atomic E-state index is 4.63. The molecule has 0 bridgehead atoms. The van der Waals surface area contributed by atoms with Crippen LogP contribution in [0.3, 0.4) is 0 Å². The van der Waals surface area contributed by atoms with E-state index in [9.17, 15) is 0 Å². The Bertz CT molecular complexity index is 445. The Kier molecular flexibility index (Phi) is 2.79. The number of aromatic nitrogens is 1. The topological polar surface area (TPSA) is 12.9 Å². The van der Waals surface area contributed by atoms with Gasteiger partial charge in [-0.25, -0.2) is 4.98 Å². The number of fused-ring (bicyclic) bond motifs is 1. The summed E-state index contributed by atoms with van der Waals surface area (Å²) < 4.78 is 2.48. The Morgan fingerprint density at radius 3 is 2.79 bits per heavy atom. The first kappa shape index (κ1) is 9.99. The van der Waals surface area contributed by atoms with Crippen LogP contribution >= 0.6 is 23.1 Å². The van der Waals surface area contributed by atoms with Gasteiger partial charge in [0.15, 0.2) is 4.34 Å². The zero-order chi connectivity index (χ0) is 10.1. The van der Waals surface area contributed by atoms with Gasteiger partial charge in [0.1, 0.15) is 0 Å². The molecule has 0 radical (unpaired) electrons. The highest BCUT2D eigenvalue weighted by molar-refractivity contribution is 8.01. The Labute approximate surface area is 92.6 Å². The molecule has 0 aliphatic rings. The lowest BCUT2D eigenvalue weighted by atomic mass is 10.2. The number of benzene rings is 1. The highest BCUT2D eigenvalue weighted by atomic mass is 32.2. The van der Waals surface area contributed by atoms with Crippen LogP contribution in [0.4, 0.5) is 0 Å². The van der Waals surface area contributed by atoms with Crippen molar-refractivity contribution in [3.8, 4) is 0 Å². The number of thiazole rings is 1. The minimum Gasteiger partial charge on any atom is -0.229 e. The van der Waals surface area contributed by atoms with Crippen molar-refractivity contribution >= 4 is 33.3 Å². The van der Waals surface area contributed by atoms with E-state index in [0.29, 0.717) is 5.25 Å². The number of rotatable bonds is 2. The second kappa shape index (κ2) is 3.91. The number of aryl methyl sites for hydroxylation is 1. The Morgan fingerprint density at radius 2 is 2.14 bits per heavy atom. The van der Waals surface area contributed by atoms with Crippen molar-refractivity contribution < 1.29 is 0 Å². The molecule has 74 valence electrons. The fourth-order valence-electron chi connectivity index (χ4n) is 1.32. The molecule has 0 fully saturated rings. The molecule has 0 saturated carbocycles. The molecule has 2 rings (SSSR count). The molecule has 1 heterocycles. The summed E-state index contributed by atoms with van der Waals surface area (Å²) in [7, 11) is 0. The molecular formula is C11H13NS2. The molecule has 1 nitrogen and oxygen atoms in total. The van der Waals surface area contributed by atoms with Crippen LogP contribution in [0.1, 0.15) is 19.4 Å². The third-order valence-electron chi connectivity index (χ3n) is 1.94. The molecule has 0 amide bonds. The molecule has 14 heavy (non-hydrogen) atoms. The molecule has 1 aromatic carbocycles. The van der Waals surface area contributed by atoms with Crippen molar-refractivity contribution in [1.29, 1.82) is 0 Å². The van der Waals surface area contributed by atoms with E-state index in [1.165, 1.54) is 20.1 Å². The van der Waals surface area contributed by atoms with E-state index in [1.54, 1.807) is 11.3 Å². The fraction of sp³-hybridized carbons (Fsp3) is 0.364. The number of hydrogen-bond acceptors (Lipinski definition) is 3. The highest BCUT2D eigenvalue weighted by Gasteiger charge is 2.07. The molecule has 0 N–H and O–H groups in total. The van der Waals surface area contributed by atoms with Gasteiger partial charge in [0.05, 0.1) is 10.2 Å². The molecule has 0 aliphatic carbocycles. The van der Waals surface area contributed by atoms with E-state index >= 15 is 0 Å². The zero-order valence-corrected chi connectivity index (χ0v) is 10.2. The minimum absolute atomic E-state index is 0.607. The first-order chi connectivity index (χ1) is 6.66. The molecule has 0 unspecified atom stereocenters. The van der Waals surface area contributed by atoms with Crippen LogP contribution in [0.15, 0.2) is 22.5 Å². The average Bonchev–Trinajstić information content (AvgIpc) is 2.47. The minimum atomic E-state index is 0.607. The van der Waals surface area contributed by atoms with Crippen LogP contribution in [0, 0.1) is 6.92 Å². The highest BCUT2D eigenvalue weighted by Crippen LogP contribution is 2.32. The third-order valence-corrected chi connectivity index (χ3v) is 4.06. The molecule has 3 heteroatoms. The predicted molar refractivity (Wildman–Crippen MR) is 65.4 cm³/mol. The van der Waals surface area contributed by atoms with E-state index in [-0.39, 0.29) is 0 Å². The second-order valence-electron chi connectivity index (χ2n) is 3.57. The van der Waals surface area contributed by atoms with Crippen molar-refractivity contribution in [2.45, 2.75) is 30.4 Å². The maximum Gasteiger partial charge on any atom is 0.151 e. The van der Waals surface area contributed by atoms with Crippen LogP contribution < -0.4 is 0 Å². The molecule has 0 aliphatic heterocycles. The van der Waals surface area contributed by atoms with Gasteiger partial charge in [-0.3, -0.25) is 0 Å². The van der Waals surface area contributed by atoms with Gasteiger partial charge >= 0.3 is 0 Å². The van der Waals surface area contributed by atoms with Gasteiger partial charge in [0, 0.05) is 5.25 Å². The summed E-state index contributed by atoms with van der Waals surface area (Å²) in [6.45, 7) is 6.51. The fourth-order valence-corrected chi connectivity index (χ4v) is 3.68. The lowest BCUT2D eigenvalue weighted by Crippen LogP contribution is -1.84. The van der Waals surface area contributed by atoms with Gasteiger partial charge in [0.2, 0.25) is 0 Å². The smallest absolute Gasteiger partial charge is 0.151 e. The van der Waals surface area contributed by atoms with Gasteiger partial charge in [-0.2, -0.15) is 0 Å². The van der Waals surface area contributed by atoms with Gasteiger partial charge in [0.25, 0.3) is 0 Å². The van der Waals surface area contributed by atoms with Gasteiger partial charge in [-0.05, 0) is 18.6 Å². The van der Waals surface area contributed by atoms with E-state index in [0.717, 1.165) is 0 Å². The van der Waals surface area contributed by atoms with Crippen LogP contribution in [-0.2, 0) is 0 Å². The Balaban J connectivity index is 2.46. The summed E-state index contributed by atoms with van der Waals surface area (Å²) in [5, 5.41) is 0.607. The molecule has 2 aromatic rings. The quantitative estimate of drug-likeness (QED) is 0.711. The lowest BCUT2D eigenvalue weighted by Gasteiger charge is -1.97. The monoisotopic (exact) mass is 223 g/mol. The molecule has 0 spiro atoms. The van der Waals surface area contributed by atoms with Gasteiger partial charge in [-0.15, -0.1) is 11.3 Å². The summed E-state index contributed by atoms with van der Waals surface area (Å²) >= 11 is 3.63. The van der Waals surface area contributed by atoms with Crippen molar-refractivity contribution in [2.75, 3.05) is 0 Å².